The molecule has 140 valence electrons. The minimum atomic E-state index is -0.616. The molecule has 0 bridgehead atoms. The minimum Gasteiger partial charge on any atom is -0.461 e. The first-order valence-corrected chi connectivity index (χ1v) is 8.85. The topological polar surface area (TPSA) is 93.1 Å². The van der Waals surface area contributed by atoms with Crippen LogP contribution in [0.5, 0.6) is 0 Å². The second-order valence-electron chi connectivity index (χ2n) is 7.10. The lowest BCUT2D eigenvalue weighted by Crippen LogP contribution is -2.37. The molecule has 1 aliphatic heterocycles. The number of allylic oxidation sites excluding steroid dienone is 1. The first kappa shape index (κ1) is 19.7. The van der Waals surface area contributed by atoms with Gasteiger partial charge in [-0.3, -0.25) is 9.59 Å². The molecule has 2 aliphatic rings. The van der Waals surface area contributed by atoms with Gasteiger partial charge < -0.3 is 19.7 Å². The summed E-state index contributed by atoms with van der Waals surface area (Å²) in [4.78, 5) is 24.3. The summed E-state index contributed by atoms with van der Waals surface area (Å²) >= 11 is 0. The lowest BCUT2D eigenvalue weighted by molar-refractivity contribution is -0.158. The average molecular weight is 352 g/mol. The van der Waals surface area contributed by atoms with Gasteiger partial charge in [0.25, 0.3) is 0 Å². The Bertz CT molecular complexity index is 564. The van der Waals surface area contributed by atoms with E-state index in [-0.39, 0.29) is 25.1 Å². The van der Waals surface area contributed by atoms with E-state index in [4.69, 9.17) is 9.47 Å². The van der Waals surface area contributed by atoms with Crippen LogP contribution in [0.3, 0.4) is 0 Å². The summed E-state index contributed by atoms with van der Waals surface area (Å²) in [6.45, 7) is 4.98. The molecule has 0 amide bonds. The molecule has 5 atom stereocenters. The maximum absolute atomic E-state index is 12.2. The molecule has 25 heavy (non-hydrogen) atoms. The van der Waals surface area contributed by atoms with E-state index >= 15 is 0 Å². The Balaban J connectivity index is 2.35. The SMILES string of the molecule is C/C1=C/CC/C(CO)=C\[C@H]2OC(=O)[C@@H](C)[C@@H]2[C@@H](OC(=O)[C@@H](C)CO)C1. The molecule has 6 nitrogen and oxygen atoms in total. The van der Waals surface area contributed by atoms with E-state index in [2.05, 4.69) is 6.08 Å². The molecule has 0 radical (unpaired) electrons. The number of esters is 2. The molecule has 1 heterocycles. The Kier molecular flexibility index (Phi) is 6.79. The highest BCUT2D eigenvalue weighted by Gasteiger charge is 2.47. The highest BCUT2D eigenvalue weighted by Crippen LogP contribution is 2.37. The average Bonchev–Trinajstić information content (AvgIpc) is 2.86. The van der Waals surface area contributed by atoms with Gasteiger partial charge in [0.2, 0.25) is 0 Å². The molecule has 0 spiro atoms. The summed E-state index contributed by atoms with van der Waals surface area (Å²) in [7, 11) is 0. The Morgan fingerprint density at radius 1 is 1.44 bits per heavy atom. The van der Waals surface area contributed by atoms with Crippen molar-refractivity contribution in [1.82, 2.24) is 0 Å². The van der Waals surface area contributed by atoms with E-state index in [1.165, 1.54) is 0 Å². The smallest absolute Gasteiger partial charge is 0.311 e. The lowest BCUT2D eigenvalue weighted by atomic mass is 9.82. The normalized spacial score (nSPS) is 35.5. The zero-order valence-corrected chi connectivity index (χ0v) is 15.1. The van der Waals surface area contributed by atoms with Gasteiger partial charge in [0, 0.05) is 6.42 Å². The molecule has 0 aromatic carbocycles. The highest BCUT2D eigenvalue weighted by molar-refractivity contribution is 5.76. The van der Waals surface area contributed by atoms with E-state index in [1.807, 2.05) is 6.92 Å². The number of aliphatic hydroxyl groups excluding tert-OH is 2. The molecule has 0 unspecified atom stereocenters. The van der Waals surface area contributed by atoms with Crippen LogP contribution in [0.15, 0.2) is 23.3 Å². The summed E-state index contributed by atoms with van der Waals surface area (Å²) in [6.07, 6.45) is 4.84. The van der Waals surface area contributed by atoms with Crippen LogP contribution < -0.4 is 0 Å². The summed E-state index contributed by atoms with van der Waals surface area (Å²) in [6, 6.07) is 0. The third-order valence-corrected chi connectivity index (χ3v) is 5.04. The predicted molar refractivity (Wildman–Crippen MR) is 91.4 cm³/mol. The molecule has 2 rings (SSSR count). The van der Waals surface area contributed by atoms with E-state index in [1.54, 1.807) is 19.9 Å². The molecule has 1 aliphatic carbocycles. The Morgan fingerprint density at radius 2 is 2.16 bits per heavy atom. The van der Waals surface area contributed by atoms with Crippen molar-refractivity contribution >= 4 is 11.9 Å². The van der Waals surface area contributed by atoms with Crippen molar-refractivity contribution < 1.29 is 29.3 Å². The van der Waals surface area contributed by atoms with Gasteiger partial charge in [-0.25, -0.2) is 0 Å². The van der Waals surface area contributed by atoms with Crippen LogP contribution in [-0.2, 0) is 19.1 Å². The minimum absolute atomic E-state index is 0.0892. The fourth-order valence-corrected chi connectivity index (χ4v) is 3.39. The number of hydrogen-bond donors (Lipinski definition) is 2. The van der Waals surface area contributed by atoms with Gasteiger partial charge in [-0.15, -0.1) is 0 Å². The van der Waals surface area contributed by atoms with Crippen molar-refractivity contribution in [2.24, 2.45) is 17.8 Å². The molecular formula is C19H28O6. The second-order valence-corrected chi connectivity index (χ2v) is 7.10. The number of fused-ring (bicyclic) bond motifs is 1. The van der Waals surface area contributed by atoms with Crippen LogP contribution in [0, 0.1) is 17.8 Å². The third kappa shape index (κ3) is 4.70. The Hall–Kier alpha value is -1.66. The van der Waals surface area contributed by atoms with E-state index in [9.17, 15) is 19.8 Å². The maximum atomic E-state index is 12.2. The second kappa shape index (κ2) is 8.63. The zero-order valence-electron chi connectivity index (χ0n) is 15.1. The van der Waals surface area contributed by atoms with Gasteiger partial charge in [0.05, 0.1) is 31.0 Å². The summed E-state index contributed by atoms with van der Waals surface area (Å²) in [5.41, 5.74) is 1.88. The largest absolute Gasteiger partial charge is 0.461 e. The molecule has 6 heteroatoms. The van der Waals surface area contributed by atoms with Crippen molar-refractivity contribution in [3.8, 4) is 0 Å². The fourth-order valence-electron chi connectivity index (χ4n) is 3.39. The van der Waals surface area contributed by atoms with Crippen LogP contribution >= 0.6 is 0 Å². The standard InChI is InChI=1S/C19H28O6/c1-11-5-4-6-14(10-21)8-16-17(13(3)19(23)25-16)15(7-11)24-18(22)12(2)9-20/h5,8,12-13,15-17,20-21H,4,6-7,9-10H2,1-3H3/b11-5-,14-8+/t12-,13-,15-,16+,17+/m0/s1. The molecule has 0 aromatic heterocycles. The quantitative estimate of drug-likeness (QED) is 0.591. The first-order valence-electron chi connectivity index (χ1n) is 8.85. The fraction of sp³-hybridized carbons (Fsp3) is 0.684. The zero-order chi connectivity index (χ0) is 18.6. The van der Waals surface area contributed by atoms with Crippen molar-refractivity contribution in [2.45, 2.75) is 52.2 Å². The van der Waals surface area contributed by atoms with Crippen LogP contribution in [-0.4, -0.2) is 47.6 Å². The molecule has 0 saturated carbocycles. The monoisotopic (exact) mass is 352 g/mol. The van der Waals surface area contributed by atoms with Crippen LogP contribution in [0.2, 0.25) is 0 Å². The molecule has 1 fully saturated rings. The van der Waals surface area contributed by atoms with Gasteiger partial charge in [-0.05, 0) is 38.3 Å². The molecule has 0 aromatic rings. The molecular weight excluding hydrogens is 324 g/mol. The van der Waals surface area contributed by atoms with Gasteiger partial charge in [-0.1, -0.05) is 18.6 Å². The molecule has 1 saturated heterocycles. The lowest BCUT2D eigenvalue weighted by Gasteiger charge is -2.29. The van der Waals surface area contributed by atoms with E-state index < -0.39 is 30.0 Å². The van der Waals surface area contributed by atoms with Crippen molar-refractivity contribution in [3.05, 3.63) is 23.3 Å². The summed E-state index contributed by atoms with van der Waals surface area (Å²) in [5.74, 6) is -2.13. The number of hydrogen-bond acceptors (Lipinski definition) is 6. The Morgan fingerprint density at radius 3 is 2.80 bits per heavy atom. The maximum Gasteiger partial charge on any atom is 0.311 e. The number of ether oxygens (including phenoxy) is 2. The Labute approximate surface area is 148 Å². The third-order valence-electron chi connectivity index (χ3n) is 5.04. The van der Waals surface area contributed by atoms with E-state index in [0.29, 0.717) is 12.8 Å². The predicted octanol–water partition coefficient (Wildman–Crippen LogP) is 1.75. The van der Waals surface area contributed by atoms with Crippen LogP contribution in [0.4, 0.5) is 0 Å². The van der Waals surface area contributed by atoms with Gasteiger partial charge in [-0.2, -0.15) is 0 Å². The number of rotatable bonds is 4. The van der Waals surface area contributed by atoms with Gasteiger partial charge in [0.1, 0.15) is 12.2 Å². The van der Waals surface area contributed by atoms with Crippen LogP contribution in [0.25, 0.3) is 0 Å². The van der Waals surface area contributed by atoms with Crippen molar-refractivity contribution in [2.75, 3.05) is 13.2 Å². The van der Waals surface area contributed by atoms with Crippen LogP contribution in [0.1, 0.15) is 40.0 Å². The number of carbonyl (C=O) groups excluding carboxylic acids is 2. The highest BCUT2D eigenvalue weighted by atomic mass is 16.6. The van der Waals surface area contributed by atoms with Gasteiger partial charge >= 0.3 is 11.9 Å². The summed E-state index contributed by atoms with van der Waals surface area (Å²) in [5, 5.41) is 18.8. The molecule has 2 N–H and O–H groups in total. The van der Waals surface area contributed by atoms with E-state index in [0.717, 1.165) is 17.6 Å². The number of aliphatic hydroxyl groups is 2. The van der Waals surface area contributed by atoms with Gasteiger partial charge in [0.15, 0.2) is 0 Å². The first-order chi connectivity index (χ1) is 11.9. The van der Waals surface area contributed by atoms with Crippen molar-refractivity contribution in [3.63, 3.8) is 0 Å². The number of carbonyl (C=O) groups is 2. The summed E-state index contributed by atoms with van der Waals surface area (Å²) < 4.78 is 11.2. The van der Waals surface area contributed by atoms with Crippen molar-refractivity contribution in [1.29, 1.82) is 0 Å².